The monoisotopic (exact) mass is 490 g/mol. The molecule has 0 aromatic carbocycles. The van der Waals surface area contributed by atoms with Crippen LogP contribution < -0.4 is 0 Å². The van der Waals surface area contributed by atoms with E-state index in [1.54, 1.807) is 0 Å². The van der Waals surface area contributed by atoms with Crippen molar-refractivity contribution >= 4 is 55.2 Å². The zero-order valence-electron chi connectivity index (χ0n) is 11.4. The quantitative estimate of drug-likeness (QED) is 0.261. The predicted octanol–water partition coefficient (Wildman–Crippen LogP) is 6.74. The van der Waals surface area contributed by atoms with Gasteiger partial charge < -0.3 is 0 Å². The van der Waals surface area contributed by atoms with E-state index in [1.165, 1.54) is 50.3 Å². The molecule has 0 heterocycles. The maximum atomic E-state index is 2.94. The molecule has 0 saturated carbocycles. The van der Waals surface area contributed by atoms with Gasteiger partial charge in [-0.15, -0.1) is 0 Å². The molecule has 0 saturated heterocycles. The molecule has 0 bridgehead atoms. The van der Waals surface area contributed by atoms with E-state index < -0.39 is 4.25 Å². The summed E-state index contributed by atoms with van der Waals surface area (Å²) < 4.78 is -1.30. The molecule has 0 rings (SSSR count). The summed E-state index contributed by atoms with van der Waals surface area (Å²) in [4.78, 5) is 0. The summed E-state index contributed by atoms with van der Waals surface area (Å²) >= 11 is 5.01. The number of rotatable bonds is 8. The molecule has 0 spiro atoms. The van der Waals surface area contributed by atoms with E-state index in [0.29, 0.717) is 0 Å². The van der Waals surface area contributed by atoms with Crippen molar-refractivity contribution in [1.29, 1.82) is 0 Å². The van der Waals surface area contributed by atoms with Gasteiger partial charge in [0.05, 0.1) is 0 Å². The first-order chi connectivity index (χ1) is 7.54. The van der Waals surface area contributed by atoms with Crippen LogP contribution in [0.25, 0.3) is 0 Å². The summed E-state index contributed by atoms with van der Waals surface area (Å²) in [5.41, 5.74) is 0. The molecule has 0 radical (unpaired) electrons. The molecule has 0 aliphatic rings. The molecule has 0 fully saturated rings. The Balaban J connectivity index is 0. The third-order valence-electron chi connectivity index (χ3n) is 3.13. The summed E-state index contributed by atoms with van der Waals surface area (Å²) in [7, 11) is 0. The molecule has 1 atom stereocenters. The van der Waals surface area contributed by atoms with Crippen molar-refractivity contribution in [1.82, 2.24) is 0 Å². The van der Waals surface area contributed by atoms with Crippen LogP contribution in [0.15, 0.2) is 0 Å². The van der Waals surface area contributed by atoms with Crippen molar-refractivity contribution in [3.63, 3.8) is 0 Å². The molecule has 102 valence electrons. The molecule has 1 unspecified atom stereocenters. The number of halogens is 2. The van der Waals surface area contributed by atoms with Crippen molar-refractivity contribution in [2.24, 2.45) is 0 Å². The molecule has 0 nitrogen and oxygen atoms in total. The van der Waals surface area contributed by atoms with Gasteiger partial charge in [0.15, 0.2) is 0 Å². The second kappa shape index (κ2) is 11.2. The van der Waals surface area contributed by atoms with Gasteiger partial charge in [-0.05, 0) is 0 Å². The van der Waals surface area contributed by atoms with Crippen LogP contribution in [0.2, 0.25) is 0 Å². The van der Waals surface area contributed by atoms with Crippen LogP contribution in [-0.2, 0) is 0 Å². The van der Waals surface area contributed by atoms with E-state index in [9.17, 15) is 0 Å². The molecule has 16 heavy (non-hydrogen) atoms. The Bertz CT molecular complexity index is 128. The smallest absolute Gasteiger partial charge is 0.0610 e. The average Bonchev–Trinajstić information content (AvgIpc) is 2.22. The van der Waals surface area contributed by atoms with Crippen LogP contribution in [-0.4, -0.2) is 24.6 Å². The molecule has 0 amide bonds. The average molecular weight is 490 g/mol. The van der Waals surface area contributed by atoms with E-state index in [4.69, 9.17) is 0 Å². The summed E-state index contributed by atoms with van der Waals surface area (Å²) in [6.07, 6.45) is 11.7. The van der Waals surface area contributed by atoms with Crippen LogP contribution in [0.4, 0.5) is 0 Å². The van der Waals surface area contributed by atoms with Gasteiger partial charge in [-0.1, -0.05) is 28.9 Å². The van der Waals surface area contributed by atoms with Crippen LogP contribution in [0, 0.1) is 0 Å². The SMILES string of the molecule is CCCP(I)(CCC)(CCC)CCC.PI. The Morgan fingerprint density at radius 2 is 0.875 bits per heavy atom. The summed E-state index contributed by atoms with van der Waals surface area (Å²) in [5.74, 6) is 0. The van der Waals surface area contributed by atoms with Crippen LogP contribution in [0.1, 0.15) is 53.4 Å². The van der Waals surface area contributed by atoms with Crippen molar-refractivity contribution in [2.45, 2.75) is 53.4 Å². The van der Waals surface area contributed by atoms with E-state index >= 15 is 0 Å². The molecule has 0 aromatic rings. The maximum Gasteiger partial charge on any atom is -0.0610 e. The van der Waals surface area contributed by atoms with Gasteiger partial charge >= 0.3 is 104 Å². The topological polar surface area (TPSA) is 0 Å². The third kappa shape index (κ3) is 7.69. The van der Waals surface area contributed by atoms with Crippen molar-refractivity contribution in [3.05, 3.63) is 0 Å². The Morgan fingerprint density at radius 3 is 1.00 bits per heavy atom. The summed E-state index contributed by atoms with van der Waals surface area (Å²) in [5, 5.41) is 0. The zero-order valence-corrected chi connectivity index (χ0v) is 17.8. The first kappa shape index (κ1) is 20.6. The van der Waals surface area contributed by atoms with Gasteiger partial charge in [-0.2, -0.15) is 0 Å². The Labute approximate surface area is 132 Å². The number of hydrogen-bond acceptors (Lipinski definition) is 0. The standard InChI is InChI=1S/C12H28IP.H2IP/c1-5-9-14(13,10-6-2,11-7-3)12-8-4;1-2/h5-12H2,1-4H3;2H2. The van der Waals surface area contributed by atoms with E-state index in [2.05, 4.69) is 78.7 Å². The zero-order chi connectivity index (χ0) is 13.1. The van der Waals surface area contributed by atoms with Gasteiger partial charge in [0, 0.05) is 0 Å². The first-order valence-corrected chi connectivity index (χ1v) is 16.4. The van der Waals surface area contributed by atoms with E-state index in [1.807, 2.05) is 0 Å². The van der Waals surface area contributed by atoms with Gasteiger partial charge in [0.2, 0.25) is 0 Å². The van der Waals surface area contributed by atoms with Crippen molar-refractivity contribution < 1.29 is 0 Å². The third-order valence-corrected chi connectivity index (χ3v) is 15.2. The van der Waals surface area contributed by atoms with Gasteiger partial charge in [0.25, 0.3) is 0 Å². The molecular formula is C12H30I2P2. The fraction of sp³-hybridized carbons (Fsp3) is 1.00. The first-order valence-electron chi connectivity index (χ1n) is 6.48. The minimum atomic E-state index is -1.30. The fourth-order valence-corrected chi connectivity index (χ4v) is 14.5. The van der Waals surface area contributed by atoms with Crippen molar-refractivity contribution in [3.8, 4) is 0 Å². The second-order valence-electron chi connectivity index (χ2n) is 4.71. The maximum absolute atomic E-state index is 2.94. The Hall–Kier alpha value is 2.32. The summed E-state index contributed by atoms with van der Waals surface area (Å²) in [6.45, 7) is 11.8. The van der Waals surface area contributed by atoms with Crippen LogP contribution in [0.3, 0.4) is 0 Å². The minimum Gasteiger partial charge on any atom is -0.0702 e. The molecule has 0 aliphatic carbocycles. The molecule has 0 aliphatic heterocycles. The summed E-state index contributed by atoms with van der Waals surface area (Å²) in [6, 6.07) is 0. The molecule has 0 aromatic heterocycles. The van der Waals surface area contributed by atoms with Crippen molar-refractivity contribution in [2.75, 3.05) is 24.6 Å². The van der Waals surface area contributed by atoms with Crippen LogP contribution in [0.5, 0.6) is 0 Å². The molecule has 0 N–H and O–H groups in total. The Kier molecular flexibility index (Phi) is 14.4. The van der Waals surface area contributed by atoms with Gasteiger partial charge in [-0.25, -0.2) is 0 Å². The largest absolute Gasteiger partial charge is 0.0702 e. The van der Waals surface area contributed by atoms with Crippen LogP contribution >= 0.6 is 55.2 Å². The Morgan fingerprint density at radius 1 is 0.688 bits per heavy atom. The predicted molar refractivity (Wildman–Crippen MR) is 105 cm³/mol. The number of hydrogen-bond donors (Lipinski definition) is 0. The fourth-order valence-electron chi connectivity index (χ4n) is 2.91. The minimum absolute atomic E-state index is 1.30. The molecular weight excluding hydrogens is 460 g/mol. The van der Waals surface area contributed by atoms with E-state index in [-0.39, 0.29) is 0 Å². The second-order valence-corrected chi connectivity index (χ2v) is 18.3. The van der Waals surface area contributed by atoms with Gasteiger partial charge in [0.1, 0.15) is 0 Å². The van der Waals surface area contributed by atoms with E-state index in [0.717, 1.165) is 0 Å². The normalized spacial score (nSPS) is 13.6. The van der Waals surface area contributed by atoms with Gasteiger partial charge in [-0.3, -0.25) is 0 Å². The molecule has 4 heteroatoms.